The number of nitrogens with zero attached hydrogens (tertiary/aromatic N) is 2. The van der Waals surface area contributed by atoms with Gasteiger partial charge in [0.05, 0.1) is 19.3 Å². The van der Waals surface area contributed by atoms with Crippen LogP contribution < -0.4 is 20.7 Å². The van der Waals surface area contributed by atoms with Gasteiger partial charge in [0.15, 0.2) is 0 Å². The van der Waals surface area contributed by atoms with Gasteiger partial charge >= 0.3 is 6.03 Å². The van der Waals surface area contributed by atoms with E-state index in [9.17, 15) is 18.4 Å². The Morgan fingerprint density at radius 3 is 2.52 bits per heavy atom. The highest BCUT2D eigenvalue weighted by atomic mass is 32.1. The summed E-state index contributed by atoms with van der Waals surface area (Å²) < 4.78 is 31.5. The van der Waals surface area contributed by atoms with E-state index in [2.05, 4.69) is 26.1 Å². The Labute approximate surface area is 167 Å². The summed E-state index contributed by atoms with van der Waals surface area (Å²) in [5.74, 6) is -1.43. The number of ether oxygens (including phenoxy) is 1. The lowest BCUT2D eigenvalue weighted by atomic mass is 10.3. The lowest BCUT2D eigenvalue weighted by Gasteiger charge is -2.07. The minimum atomic E-state index is -0.895. The van der Waals surface area contributed by atoms with Gasteiger partial charge in [-0.15, -0.1) is 10.2 Å². The van der Waals surface area contributed by atoms with Crippen LogP contribution in [-0.2, 0) is 6.54 Å². The van der Waals surface area contributed by atoms with Gasteiger partial charge in [0.1, 0.15) is 22.4 Å². The van der Waals surface area contributed by atoms with Crippen LogP contribution in [0.15, 0.2) is 42.5 Å². The second-order valence-electron chi connectivity index (χ2n) is 5.62. The van der Waals surface area contributed by atoms with Crippen molar-refractivity contribution in [3.05, 3.63) is 64.1 Å². The van der Waals surface area contributed by atoms with Crippen LogP contribution >= 0.6 is 11.3 Å². The first kappa shape index (κ1) is 20.1. The van der Waals surface area contributed by atoms with E-state index >= 15 is 0 Å². The van der Waals surface area contributed by atoms with Gasteiger partial charge in [-0.3, -0.25) is 4.79 Å². The van der Waals surface area contributed by atoms with Crippen molar-refractivity contribution in [1.29, 1.82) is 0 Å². The molecule has 150 valence electrons. The molecule has 3 N–H and O–H groups in total. The van der Waals surface area contributed by atoms with Crippen molar-refractivity contribution in [2.75, 3.05) is 17.7 Å². The number of nitrogens with one attached hydrogen (secondary N) is 3. The van der Waals surface area contributed by atoms with Crippen molar-refractivity contribution in [3.63, 3.8) is 0 Å². The van der Waals surface area contributed by atoms with Gasteiger partial charge in [0, 0.05) is 11.8 Å². The number of carbonyl (C=O) groups is 2. The smallest absolute Gasteiger partial charge is 0.319 e. The monoisotopic (exact) mass is 419 g/mol. The quantitative estimate of drug-likeness (QED) is 0.568. The number of anilines is 2. The highest BCUT2D eigenvalue weighted by Gasteiger charge is 2.14. The average Bonchev–Trinajstić information content (AvgIpc) is 3.18. The zero-order chi connectivity index (χ0) is 20.8. The van der Waals surface area contributed by atoms with Gasteiger partial charge in [0.2, 0.25) is 5.01 Å². The van der Waals surface area contributed by atoms with E-state index in [-0.39, 0.29) is 17.2 Å². The van der Waals surface area contributed by atoms with Crippen molar-refractivity contribution in [2.24, 2.45) is 0 Å². The molecule has 8 nitrogen and oxygen atoms in total. The van der Waals surface area contributed by atoms with E-state index in [1.807, 2.05) is 0 Å². The standard InChI is InChI=1S/C18H15F2N5O3S/c1-28-12-5-3-11(4-6-12)22-16(26)17-25-24-15(29-17)9-21-18(27)23-14-7-2-10(19)8-13(14)20/h2-8H,9H2,1H3,(H,22,26)(H2,21,23,27). The van der Waals surface area contributed by atoms with Crippen molar-refractivity contribution in [2.45, 2.75) is 6.54 Å². The lowest BCUT2D eigenvalue weighted by molar-refractivity contribution is 0.102. The summed E-state index contributed by atoms with van der Waals surface area (Å²) in [6.07, 6.45) is 0. The molecule has 1 aromatic heterocycles. The van der Waals surface area contributed by atoms with Crippen molar-refractivity contribution in [3.8, 4) is 5.75 Å². The number of hydrogen-bond acceptors (Lipinski definition) is 6. The molecule has 3 aromatic rings. The average molecular weight is 419 g/mol. The van der Waals surface area contributed by atoms with Gasteiger partial charge in [0.25, 0.3) is 5.91 Å². The summed E-state index contributed by atoms with van der Waals surface area (Å²) in [4.78, 5) is 24.1. The van der Waals surface area contributed by atoms with E-state index in [4.69, 9.17) is 4.74 Å². The Hall–Kier alpha value is -3.60. The van der Waals surface area contributed by atoms with Crippen LogP contribution in [0.3, 0.4) is 0 Å². The minimum Gasteiger partial charge on any atom is -0.497 e. The Morgan fingerprint density at radius 2 is 1.83 bits per heavy atom. The summed E-state index contributed by atoms with van der Waals surface area (Å²) in [5, 5.41) is 15.5. The number of carbonyl (C=O) groups excluding carboxylic acids is 2. The summed E-state index contributed by atoms with van der Waals surface area (Å²) in [6, 6.07) is 8.84. The maximum absolute atomic E-state index is 13.5. The molecular weight excluding hydrogens is 404 g/mol. The van der Waals surface area contributed by atoms with Crippen LogP contribution in [0.5, 0.6) is 5.75 Å². The van der Waals surface area contributed by atoms with Crippen LogP contribution in [0.1, 0.15) is 14.8 Å². The molecule has 1 heterocycles. The van der Waals surface area contributed by atoms with Crippen molar-refractivity contribution >= 4 is 34.6 Å². The molecule has 3 amide bonds. The highest BCUT2D eigenvalue weighted by Crippen LogP contribution is 2.18. The molecule has 0 unspecified atom stereocenters. The molecule has 3 rings (SSSR count). The number of urea groups is 1. The molecule has 0 aliphatic carbocycles. The number of aromatic nitrogens is 2. The fourth-order valence-corrected chi connectivity index (χ4v) is 2.86. The first-order chi connectivity index (χ1) is 13.9. The molecule has 0 aliphatic heterocycles. The minimum absolute atomic E-state index is 0.0257. The zero-order valence-corrected chi connectivity index (χ0v) is 15.8. The number of benzene rings is 2. The summed E-state index contributed by atoms with van der Waals surface area (Å²) in [6.45, 7) is -0.0257. The maximum atomic E-state index is 13.5. The van der Waals surface area contributed by atoms with Gasteiger partial charge in [-0.2, -0.15) is 0 Å². The predicted molar refractivity (Wildman–Crippen MR) is 103 cm³/mol. The highest BCUT2D eigenvalue weighted by molar-refractivity contribution is 7.13. The fourth-order valence-electron chi connectivity index (χ4n) is 2.19. The van der Waals surface area contributed by atoms with Gasteiger partial charge < -0.3 is 20.7 Å². The number of amides is 3. The van der Waals surface area contributed by atoms with Gasteiger partial charge in [-0.05, 0) is 36.4 Å². The molecule has 29 heavy (non-hydrogen) atoms. The molecule has 0 radical (unpaired) electrons. The topological polar surface area (TPSA) is 105 Å². The second-order valence-corrected chi connectivity index (χ2v) is 6.68. The SMILES string of the molecule is COc1ccc(NC(=O)c2nnc(CNC(=O)Nc3ccc(F)cc3F)s2)cc1. The van der Waals surface area contributed by atoms with Crippen LogP contribution in [-0.4, -0.2) is 29.2 Å². The number of hydrogen-bond donors (Lipinski definition) is 3. The maximum Gasteiger partial charge on any atom is 0.319 e. The molecule has 2 aromatic carbocycles. The number of methoxy groups -OCH3 is 1. The number of rotatable bonds is 6. The van der Waals surface area contributed by atoms with Gasteiger partial charge in [-0.1, -0.05) is 11.3 Å². The summed E-state index contributed by atoms with van der Waals surface area (Å²) in [7, 11) is 1.54. The zero-order valence-electron chi connectivity index (χ0n) is 15.0. The third kappa shape index (κ3) is 5.45. The Kier molecular flexibility index (Phi) is 6.29. The van der Waals surface area contributed by atoms with E-state index in [0.29, 0.717) is 22.5 Å². The van der Waals surface area contributed by atoms with E-state index in [0.717, 1.165) is 23.5 Å². The normalized spacial score (nSPS) is 10.3. The number of halogens is 2. The third-order valence-electron chi connectivity index (χ3n) is 3.59. The van der Waals surface area contributed by atoms with E-state index in [1.165, 1.54) is 0 Å². The van der Waals surface area contributed by atoms with Gasteiger partial charge in [-0.25, -0.2) is 13.6 Å². The Morgan fingerprint density at radius 1 is 1.07 bits per heavy atom. The van der Waals surface area contributed by atoms with Crippen molar-refractivity contribution < 1.29 is 23.1 Å². The van der Waals surface area contributed by atoms with Crippen LogP contribution in [0.25, 0.3) is 0 Å². The summed E-state index contributed by atoms with van der Waals surface area (Å²) in [5.41, 5.74) is 0.395. The van der Waals surface area contributed by atoms with Crippen LogP contribution in [0, 0.1) is 11.6 Å². The Balaban J connectivity index is 1.52. The first-order valence-corrected chi connectivity index (χ1v) is 9.04. The Bertz CT molecular complexity index is 1030. The second kappa shape index (κ2) is 9.06. The third-order valence-corrected chi connectivity index (χ3v) is 4.51. The molecule has 0 fully saturated rings. The molecule has 0 saturated heterocycles. The molecule has 0 spiro atoms. The van der Waals surface area contributed by atoms with E-state index < -0.39 is 23.6 Å². The molecule has 0 aliphatic rings. The molecule has 0 bridgehead atoms. The molecule has 11 heteroatoms. The lowest BCUT2D eigenvalue weighted by Crippen LogP contribution is -2.28. The molecule has 0 saturated carbocycles. The van der Waals surface area contributed by atoms with Crippen molar-refractivity contribution in [1.82, 2.24) is 15.5 Å². The molecular formula is C18H15F2N5O3S. The fraction of sp³-hybridized carbons (Fsp3) is 0.111. The van der Waals surface area contributed by atoms with Crippen LogP contribution in [0.4, 0.5) is 25.0 Å². The summed E-state index contributed by atoms with van der Waals surface area (Å²) >= 11 is 0.996. The first-order valence-electron chi connectivity index (χ1n) is 8.22. The van der Waals surface area contributed by atoms with E-state index in [1.54, 1.807) is 31.4 Å². The van der Waals surface area contributed by atoms with Crippen LogP contribution in [0.2, 0.25) is 0 Å². The predicted octanol–water partition coefficient (Wildman–Crippen LogP) is 3.40. The largest absolute Gasteiger partial charge is 0.497 e. The molecule has 0 atom stereocenters.